The fourth-order valence-corrected chi connectivity index (χ4v) is 4.05. The van der Waals surface area contributed by atoms with Crippen molar-refractivity contribution in [2.24, 2.45) is 7.05 Å². The van der Waals surface area contributed by atoms with Gasteiger partial charge in [0.05, 0.1) is 11.0 Å². The second kappa shape index (κ2) is 9.21. The molecule has 168 valence electrons. The van der Waals surface area contributed by atoms with Crippen molar-refractivity contribution in [3.05, 3.63) is 71.0 Å². The molecule has 0 radical (unpaired) electrons. The zero-order valence-electron chi connectivity index (χ0n) is 18.0. The minimum absolute atomic E-state index is 0.135. The highest BCUT2D eigenvalue weighted by Crippen LogP contribution is 2.28. The molecule has 2 aromatic heterocycles. The van der Waals surface area contributed by atoms with Crippen molar-refractivity contribution in [3.8, 4) is 11.5 Å². The molecule has 5 rings (SSSR count). The van der Waals surface area contributed by atoms with Gasteiger partial charge in [0.25, 0.3) is 5.91 Å². The van der Waals surface area contributed by atoms with Gasteiger partial charge >= 0.3 is 0 Å². The average Bonchev–Trinajstić information content (AvgIpc) is 3.43. The molecule has 0 aliphatic carbocycles. The van der Waals surface area contributed by atoms with E-state index in [2.05, 4.69) is 36.9 Å². The monoisotopic (exact) mass is 506 g/mol. The molecule has 8 nitrogen and oxygen atoms in total. The van der Waals surface area contributed by atoms with E-state index in [9.17, 15) is 4.79 Å². The summed E-state index contributed by atoms with van der Waals surface area (Å²) in [4.78, 5) is 21.4. The Bertz CT molecular complexity index is 1300. The normalized spacial score (nSPS) is 15.5. The van der Waals surface area contributed by atoms with Gasteiger partial charge in [0, 0.05) is 48.1 Å². The van der Waals surface area contributed by atoms with Crippen molar-refractivity contribution < 1.29 is 9.53 Å². The van der Waals surface area contributed by atoms with E-state index in [0.29, 0.717) is 17.2 Å². The number of amides is 1. The number of nitrogens with one attached hydrogen (secondary N) is 3. The van der Waals surface area contributed by atoms with Gasteiger partial charge in [0.1, 0.15) is 17.2 Å². The maximum atomic E-state index is 12.5. The molecule has 33 heavy (non-hydrogen) atoms. The maximum absolute atomic E-state index is 12.5. The molecule has 3 heterocycles. The van der Waals surface area contributed by atoms with Crippen molar-refractivity contribution in [1.82, 2.24) is 25.2 Å². The van der Waals surface area contributed by atoms with Gasteiger partial charge in [-0.3, -0.25) is 9.78 Å². The summed E-state index contributed by atoms with van der Waals surface area (Å²) >= 11 is 3.45. The fourth-order valence-electron chi connectivity index (χ4n) is 3.79. The Morgan fingerprint density at radius 1 is 1.15 bits per heavy atom. The number of carbonyl (C=O) groups excluding carboxylic acids is 1. The number of hydrogen-bond acceptors (Lipinski definition) is 6. The number of carbonyl (C=O) groups is 1. The van der Waals surface area contributed by atoms with Crippen LogP contribution in [0.5, 0.6) is 11.5 Å². The second-order valence-corrected chi connectivity index (χ2v) is 8.83. The lowest BCUT2D eigenvalue weighted by Crippen LogP contribution is -2.36. The molecule has 0 bridgehead atoms. The number of pyridine rings is 1. The first-order chi connectivity index (χ1) is 16.0. The summed E-state index contributed by atoms with van der Waals surface area (Å²) in [7, 11) is 1.96. The Labute approximate surface area is 199 Å². The van der Waals surface area contributed by atoms with E-state index in [1.165, 1.54) is 0 Å². The molecule has 1 amide bonds. The molecule has 1 unspecified atom stereocenters. The van der Waals surface area contributed by atoms with Gasteiger partial charge in [-0.1, -0.05) is 15.9 Å². The molecule has 3 N–H and O–H groups in total. The molecule has 1 atom stereocenters. The standard InChI is InChI=1S/C24H23BrN6O2/c1-31-22-7-6-18(12-20(22)30-24(31)29-16-4-2-15(25)3-5-16)33-19-9-11-27-21(13-19)23(32)28-17-8-10-26-14-17/h2-7,9,11-13,17,26H,8,10,14H2,1H3,(H,28,32)(H,29,30). The number of rotatable bonds is 6. The minimum Gasteiger partial charge on any atom is -0.457 e. The highest BCUT2D eigenvalue weighted by Gasteiger charge is 2.18. The van der Waals surface area contributed by atoms with Crippen LogP contribution in [0.4, 0.5) is 11.6 Å². The highest BCUT2D eigenvalue weighted by atomic mass is 79.9. The molecule has 1 saturated heterocycles. The second-order valence-electron chi connectivity index (χ2n) is 7.92. The van der Waals surface area contributed by atoms with Gasteiger partial charge in [-0.25, -0.2) is 4.98 Å². The molecule has 4 aromatic rings. The van der Waals surface area contributed by atoms with Crippen LogP contribution in [-0.4, -0.2) is 39.6 Å². The molecule has 9 heteroatoms. The number of aryl methyl sites for hydroxylation is 1. The van der Waals surface area contributed by atoms with Crippen LogP contribution in [0, 0.1) is 0 Å². The van der Waals surface area contributed by atoms with Crippen molar-refractivity contribution in [2.45, 2.75) is 12.5 Å². The van der Waals surface area contributed by atoms with Gasteiger partial charge in [-0.05, 0) is 55.4 Å². The largest absolute Gasteiger partial charge is 0.457 e. The van der Waals surface area contributed by atoms with E-state index in [1.807, 2.05) is 54.1 Å². The lowest BCUT2D eigenvalue weighted by molar-refractivity contribution is 0.0934. The summed E-state index contributed by atoms with van der Waals surface area (Å²) in [6.07, 6.45) is 2.50. The molecular formula is C24H23BrN6O2. The SMILES string of the molecule is Cn1c(Nc2ccc(Br)cc2)nc2cc(Oc3ccnc(C(=O)NC4CCNC4)c3)ccc21. The molecule has 0 spiro atoms. The third-order valence-corrected chi connectivity index (χ3v) is 6.08. The quantitative estimate of drug-likeness (QED) is 0.359. The van der Waals surface area contributed by atoms with Gasteiger partial charge in [-0.2, -0.15) is 0 Å². The summed E-state index contributed by atoms with van der Waals surface area (Å²) in [5, 5.41) is 9.58. The zero-order valence-corrected chi connectivity index (χ0v) is 19.6. The summed E-state index contributed by atoms with van der Waals surface area (Å²) in [6, 6.07) is 17.2. The smallest absolute Gasteiger partial charge is 0.270 e. The van der Waals surface area contributed by atoms with Gasteiger partial charge < -0.3 is 25.3 Å². The Balaban J connectivity index is 1.33. The molecule has 0 saturated carbocycles. The average molecular weight is 507 g/mol. The number of imidazole rings is 1. The summed E-state index contributed by atoms with van der Waals surface area (Å²) < 4.78 is 9.04. The Kier molecular flexibility index (Phi) is 5.97. The van der Waals surface area contributed by atoms with Crippen LogP contribution in [0.2, 0.25) is 0 Å². The zero-order chi connectivity index (χ0) is 22.8. The molecular weight excluding hydrogens is 484 g/mol. The number of ether oxygens (including phenoxy) is 1. The molecule has 2 aromatic carbocycles. The van der Waals surface area contributed by atoms with Crippen molar-refractivity contribution in [2.75, 3.05) is 18.4 Å². The van der Waals surface area contributed by atoms with E-state index in [0.717, 1.165) is 46.7 Å². The lowest BCUT2D eigenvalue weighted by Gasteiger charge is -2.11. The maximum Gasteiger partial charge on any atom is 0.270 e. The van der Waals surface area contributed by atoms with Crippen LogP contribution in [0.3, 0.4) is 0 Å². The third-order valence-electron chi connectivity index (χ3n) is 5.55. The number of hydrogen-bond donors (Lipinski definition) is 3. The van der Waals surface area contributed by atoms with E-state index in [4.69, 9.17) is 9.72 Å². The van der Waals surface area contributed by atoms with Crippen LogP contribution < -0.4 is 20.7 Å². The lowest BCUT2D eigenvalue weighted by atomic mass is 10.2. The number of fused-ring (bicyclic) bond motifs is 1. The van der Waals surface area contributed by atoms with Crippen LogP contribution in [0.25, 0.3) is 11.0 Å². The van der Waals surface area contributed by atoms with E-state index < -0.39 is 0 Å². The molecule has 1 aliphatic rings. The number of halogens is 1. The van der Waals surface area contributed by atoms with E-state index >= 15 is 0 Å². The van der Waals surface area contributed by atoms with Crippen molar-refractivity contribution in [1.29, 1.82) is 0 Å². The number of nitrogens with zero attached hydrogens (tertiary/aromatic N) is 3. The molecule has 1 aliphatic heterocycles. The highest BCUT2D eigenvalue weighted by molar-refractivity contribution is 9.10. The summed E-state index contributed by atoms with van der Waals surface area (Å²) in [6.45, 7) is 1.70. The Morgan fingerprint density at radius 3 is 2.76 bits per heavy atom. The van der Waals surface area contributed by atoms with E-state index in [-0.39, 0.29) is 11.9 Å². The number of anilines is 2. The third kappa shape index (κ3) is 4.84. The van der Waals surface area contributed by atoms with Crippen LogP contribution in [-0.2, 0) is 7.05 Å². The number of benzene rings is 2. The predicted molar refractivity (Wildman–Crippen MR) is 131 cm³/mol. The fraction of sp³-hybridized carbons (Fsp3) is 0.208. The van der Waals surface area contributed by atoms with E-state index in [1.54, 1.807) is 18.3 Å². The molecule has 1 fully saturated rings. The van der Waals surface area contributed by atoms with Gasteiger partial charge in [-0.15, -0.1) is 0 Å². The van der Waals surface area contributed by atoms with Gasteiger partial charge in [0.2, 0.25) is 5.95 Å². The van der Waals surface area contributed by atoms with Crippen LogP contribution >= 0.6 is 15.9 Å². The van der Waals surface area contributed by atoms with Crippen LogP contribution in [0.15, 0.2) is 65.3 Å². The summed E-state index contributed by atoms with van der Waals surface area (Å²) in [5.41, 5.74) is 3.06. The Hall–Kier alpha value is -3.43. The minimum atomic E-state index is -0.196. The first-order valence-electron chi connectivity index (χ1n) is 10.7. The summed E-state index contributed by atoms with van der Waals surface area (Å²) in [5.74, 6) is 1.71. The predicted octanol–water partition coefficient (Wildman–Crippen LogP) is 4.36. The van der Waals surface area contributed by atoms with Gasteiger partial charge in [0.15, 0.2) is 0 Å². The first kappa shape index (κ1) is 21.4. The van der Waals surface area contributed by atoms with Crippen molar-refractivity contribution >= 4 is 44.5 Å². The first-order valence-corrected chi connectivity index (χ1v) is 11.5. The van der Waals surface area contributed by atoms with Crippen LogP contribution in [0.1, 0.15) is 16.9 Å². The number of aromatic nitrogens is 3. The van der Waals surface area contributed by atoms with Crippen molar-refractivity contribution in [3.63, 3.8) is 0 Å². The topological polar surface area (TPSA) is 93.1 Å². The Morgan fingerprint density at radius 2 is 1.97 bits per heavy atom.